The molecule has 0 unspecified atom stereocenters. The zero-order valence-corrected chi connectivity index (χ0v) is 16.5. The maximum Gasteiger partial charge on any atom is 0.259 e. The van der Waals surface area contributed by atoms with E-state index in [-0.39, 0.29) is 33.7 Å². The highest BCUT2D eigenvalue weighted by molar-refractivity contribution is 7.91. The quantitative estimate of drug-likeness (QED) is 0.795. The summed E-state index contributed by atoms with van der Waals surface area (Å²) in [7, 11) is -2.17. The van der Waals surface area contributed by atoms with Gasteiger partial charge in [0.1, 0.15) is 11.6 Å². The molecule has 0 aliphatic carbocycles. The first-order valence-electron chi connectivity index (χ1n) is 8.86. The maximum absolute atomic E-state index is 13.4. The second kappa shape index (κ2) is 8.28. The highest BCUT2D eigenvalue weighted by Gasteiger charge is 2.26. The number of halogens is 1. The Bertz CT molecular complexity index is 984. The summed E-state index contributed by atoms with van der Waals surface area (Å²) in [6.07, 6.45) is 0.701. The lowest BCUT2D eigenvalue weighted by atomic mass is 10.1. The molecular formula is C20H22FNO5S. The van der Waals surface area contributed by atoms with Gasteiger partial charge in [-0.3, -0.25) is 4.79 Å². The fourth-order valence-electron chi connectivity index (χ4n) is 3.10. The van der Waals surface area contributed by atoms with Crippen LogP contribution in [0.25, 0.3) is 0 Å². The average Bonchev–Trinajstić information content (AvgIpc) is 3.16. The van der Waals surface area contributed by atoms with Gasteiger partial charge in [0.2, 0.25) is 0 Å². The fourth-order valence-corrected chi connectivity index (χ4v) is 4.75. The molecule has 6 nitrogen and oxygen atoms in total. The Balaban J connectivity index is 1.87. The largest absolute Gasteiger partial charge is 0.496 e. The number of carbonyl (C=O) groups is 1. The first kappa shape index (κ1) is 20.3. The van der Waals surface area contributed by atoms with E-state index in [1.165, 1.54) is 43.5 Å². The van der Waals surface area contributed by atoms with Gasteiger partial charge in [-0.1, -0.05) is 0 Å². The molecule has 8 heteroatoms. The third-order valence-electron chi connectivity index (χ3n) is 4.67. The minimum absolute atomic E-state index is 0.0302. The molecule has 0 radical (unpaired) electrons. The van der Waals surface area contributed by atoms with Crippen molar-refractivity contribution in [3.05, 3.63) is 53.3 Å². The van der Waals surface area contributed by atoms with Crippen LogP contribution in [0.5, 0.6) is 5.75 Å². The van der Waals surface area contributed by atoms with E-state index in [2.05, 4.69) is 5.32 Å². The molecule has 1 N–H and O–H groups in total. The number of nitrogens with one attached hydrogen (secondary N) is 1. The van der Waals surface area contributed by atoms with E-state index in [0.29, 0.717) is 30.9 Å². The van der Waals surface area contributed by atoms with Gasteiger partial charge in [0.05, 0.1) is 29.9 Å². The lowest BCUT2D eigenvalue weighted by molar-refractivity contribution is 0.102. The molecule has 1 aliphatic rings. The lowest BCUT2D eigenvalue weighted by Gasteiger charge is -2.13. The number of ether oxygens (including phenoxy) is 2. The number of sulfone groups is 1. The number of benzene rings is 2. The first-order chi connectivity index (χ1) is 13.3. The van der Waals surface area contributed by atoms with Crippen LogP contribution in [0.3, 0.4) is 0 Å². The minimum atomic E-state index is -3.58. The van der Waals surface area contributed by atoms with Crippen molar-refractivity contribution in [2.75, 3.05) is 31.4 Å². The fraction of sp³-hybridized carbons (Fsp3) is 0.350. The lowest BCUT2D eigenvalue weighted by Crippen LogP contribution is -2.18. The predicted molar refractivity (Wildman–Crippen MR) is 103 cm³/mol. The van der Waals surface area contributed by atoms with Crippen molar-refractivity contribution in [1.29, 1.82) is 0 Å². The second-order valence-corrected chi connectivity index (χ2v) is 8.83. The van der Waals surface area contributed by atoms with Crippen LogP contribution in [0.15, 0.2) is 41.3 Å². The summed E-state index contributed by atoms with van der Waals surface area (Å²) in [6.45, 7) is 2.58. The Morgan fingerprint density at radius 3 is 2.71 bits per heavy atom. The van der Waals surface area contributed by atoms with Crippen molar-refractivity contribution >= 4 is 21.4 Å². The maximum atomic E-state index is 13.4. The Morgan fingerprint density at radius 1 is 1.29 bits per heavy atom. The molecule has 28 heavy (non-hydrogen) atoms. The molecule has 0 spiro atoms. The van der Waals surface area contributed by atoms with Crippen LogP contribution in [-0.4, -0.2) is 40.4 Å². The van der Waals surface area contributed by atoms with Crippen molar-refractivity contribution < 1.29 is 27.1 Å². The predicted octanol–water partition coefficient (Wildman–Crippen LogP) is 3.21. The molecule has 0 bridgehead atoms. The van der Waals surface area contributed by atoms with Gasteiger partial charge in [0.25, 0.3) is 5.91 Å². The monoisotopic (exact) mass is 407 g/mol. The molecule has 2 aromatic carbocycles. The molecule has 150 valence electrons. The van der Waals surface area contributed by atoms with Gasteiger partial charge in [-0.2, -0.15) is 0 Å². The summed E-state index contributed by atoms with van der Waals surface area (Å²) in [6, 6.07) is 8.40. The summed E-state index contributed by atoms with van der Waals surface area (Å²) in [5.74, 6) is -0.743. The number of rotatable bonds is 6. The molecule has 0 saturated carbocycles. The van der Waals surface area contributed by atoms with Crippen LogP contribution in [0.2, 0.25) is 0 Å². The van der Waals surface area contributed by atoms with E-state index < -0.39 is 15.7 Å². The van der Waals surface area contributed by atoms with Crippen LogP contribution in [-0.2, 0) is 14.6 Å². The van der Waals surface area contributed by atoms with Crippen molar-refractivity contribution in [2.45, 2.75) is 18.2 Å². The molecule has 1 saturated heterocycles. The topological polar surface area (TPSA) is 81.7 Å². The summed E-state index contributed by atoms with van der Waals surface area (Å²) in [5.41, 5.74) is 0.885. The second-order valence-electron chi connectivity index (χ2n) is 6.79. The molecule has 2 aromatic rings. The molecule has 0 aromatic heterocycles. The van der Waals surface area contributed by atoms with Gasteiger partial charge in [0.15, 0.2) is 9.84 Å². The Hall–Kier alpha value is -2.45. The molecule has 3 rings (SSSR count). The van der Waals surface area contributed by atoms with Gasteiger partial charge in [-0.15, -0.1) is 0 Å². The van der Waals surface area contributed by atoms with E-state index >= 15 is 0 Å². The summed E-state index contributed by atoms with van der Waals surface area (Å²) in [4.78, 5) is 12.8. The zero-order chi connectivity index (χ0) is 20.3. The van der Waals surface area contributed by atoms with Gasteiger partial charge in [0, 0.05) is 12.3 Å². The van der Waals surface area contributed by atoms with Crippen molar-refractivity contribution in [3.8, 4) is 5.75 Å². The number of hydrogen-bond acceptors (Lipinski definition) is 5. The number of methoxy groups -OCH3 is 1. The summed E-state index contributed by atoms with van der Waals surface area (Å²) >= 11 is 0. The number of aryl methyl sites for hydroxylation is 1. The number of amides is 1. The van der Waals surface area contributed by atoms with E-state index in [9.17, 15) is 17.6 Å². The van der Waals surface area contributed by atoms with E-state index in [1.807, 2.05) is 0 Å². The van der Waals surface area contributed by atoms with E-state index in [0.717, 1.165) is 0 Å². The van der Waals surface area contributed by atoms with Crippen molar-refractivity contribution in [3.63, 3.8) is 0 Å². The van der Waals surface area contributed by atoms with Crippen LogP contribution in [0.4, 0.5) is 10.1 Å². The molecule has 1 heterocycles. The van der Waals surface area contributed by atoms with Crippen LogP contribution in [0, 0.1) is 18.7 Å². The highest BCUT2D eigenvalue weighted by atomic mass is 32.2. The van der Waals surface area contributed by atoms with E-state index in [1.54, 1.807) is 6.92 Å². The SMILES string of the molecule is COc1ccc(S(=O)(=O)C[C@H]2CCOC2)cc1C(=O)Nc1ccc(F)c(C)c1. The molecule has 1 amide bonds. The first-order valence-corrected chi connectivity index (χ1v) is 10.5. The highest BCUT2D eigenvalue weighted by Crippen LogP contribution is 2.27. The standard InChI is InChI=1S/C20H22FNO5S/c1-13-9-15(3-5-18(13)21)22-20(23)17-10-16(4-6-19(17)26-2)28(24,25)12-14-7-8-27-11-14/h3-6,9-10,14H,7-8,11-12H2,1-2H3,(H,22,23)/t14-/m0/s1. The minimum Gasteiger partial charge on any atom is -0.496 e. The number of hydrogen-bond donors (Lipinski definition) is 1. The van der Waals surface area contributed by atoms with Crippen LogP contribution >= 0.6 is 0 Å². The molecule has 1 atom stereocenters. The Morgan fingerprint density at radius 2 is 2.07 bits per heavy atom. The van der Waals surface area contributed by atoms with Crippen LogP contribution in [0.1, 0.15) is 22.3 Å². The van der Waals surface area contributed by atoms with Crippen molar-refractivity contribution in [1.82, 2.24) is 0 Å². The van der Waals surface area contributed by atoms with Crippen LogP contribution < -0.4 is 10.1 Å². The Kier molecular flexibility index (Phi) is 6.00. The number of anilines is 1. The Labute approximate surface area is 163 Å². The molecule has 1 fully saturated rings. The van der Waals surface area contributed by atoms with E-state index in [4.69, 9.17) is 9.47 Å². The summed E-state index contributed by atoms with van der Waals surface area (Å²) in [5, 5.41) is 2.65. The third kappa shape index (κ3) is 4.51. The van der Waals surface area contributed by atoms with Gasteiger partial charge >= 0.3 is 0 Å². The number of carbonyl (C=O) groups excluding carboxylic acids is 1. The van der Waals surface area contributed by atoms with Crippen molar-refractivity contribution in [2.24, 2.45) is 5.92 Å². The third-order valence-corrected chi connectivity index (χ3v) is 6.55. The normalized spacial score (nSPS) is 16.8. The molecule has 1 aliphatic heterocycles. The van der Waals surface area contributed by atoms with Gasteiger partial charge in [-0.25, -0.2) is 12.8 Å². The zero-order valence-electron chi connectivity index (χ0n) is 15.7. The van der Waals surface area contributed by atoms with Gasteiger partial charge in [-0.05, 0) is 61.2 Å². The molecular weight excluding hydrogens is 385 g/mol. The smallest absolute Gasteiger partial charge is 0.259 e. The van der Waals surface area contributed by atoms with Gasteiger partial charge < -0.3 is 14.8 Å². The summed E-state index contributed by atoms with van der Waals surface area (Å²) < 4.78 is 49.3. The average molecular weight is 407 g/mol.